The van der Waals surface area contributed by atoms with Crippen molar-refractivity contribution in [2.24, 2.45) is 5.16 Å². The van der Waals surface area contributed by atoms with Crippen molar-refractivity contribution in [2.45, 2.75) is 25.9 Å². The van der Waals surface area contributed by atoms with E-state index in [2.05, 4.69) is 22.2 Å². The number of hydrogen-bond acceptors (Lipinski definition) is 4. The van der Waals surface area contributed by atoms with Gasteiger partial charge in [-0.2, -0.15) is 0 Å². The average Bonchev–Trinajstić information content (AvgIpc) is 2.83. The molecule has 0 atom stereocenters. The van der Waals surface area contributed by atoms with Crippen LogP contribution in [0.1, 0.15) is 36.0 Å². The van der Waals surface area contributed by atoms with Gasteiger partial charge in [-0.1, -0.05) is 48.0 Å². The fraction of sp³-hybridized carbons (Fsp3) is 0.381. The summed E-state index contributed by atoms with van der Waals surface area (Å²) in [5.41, 5.74) is 4.08. The van der Waals surface area contributed by atoms with Gasteiger partial charge >= 0.3 is 0 Å². The Labute approximate surface area is 149 Å². The minimum atomic E-state index is 0.556. The molecule has 0 amide bonds. The van der Waals surface area contributed by atoms with Crippen LogP contribution in [0.25, 0.3) is 0 Å². The third-order valence-electron chi connectivity index (χ3n) is 4.90. The van der Waals surface area contributed by atoms with Crippen molar-refractivity contribution in [1.29, 1.82) is 0 Å². The smallest absolute Gasteiger partial charge is 0.129 e. The van der Waals surface area contributed by atoms with Crippen molar-refractivity contribution in [3.8, 4) is 5.75 Å². The lowest BCUT2D eigenvalue weighted by Crippen LogP contribution is -2.32. The van der Waals surface area contributed by atoms with Crippen molar-refractivity contribution in [3.63, 3.8) is 0 Å². The molecule has 0 aliphatic carbocycles. The van der Waals surface area contributed by atoms with Crippen LogP contribution in [0.15, 0.2) is 53.7 Å². The SMILES string of the molecule is c1ccc2c(c1)COc1ccccc1C2=NOCCN1CCCCC1. The first-order chi connectivity index (χ1) is 12.4. The molecule has 2 aliphatic rings. The molecule has 1 saturated heterocycles. The highest BCUT2D eigenvalue weighted by molar-refractivity contribution is 6.15. The summed E-state index contributed by atoms with van der Waals surface area (Å²) in [5.74, 6) is 0.858. The highest BCUT2D eigenvalue weighted by Gasteiger charge is 2.20. The number of piperidine rings is 1. The molecule has 0 radical (unpaired) electrons. The van der Waals surface area contributed by atoms with E-state index < -0.39 is 0 Å². The number of para-hydroxylation sites is 1. The predicted octanol–water partition coefficient (Wildman–Crippen LogP) is 3.83. The summed E-state index contributed by atoms with van der Waals surface area (Å²) in [6.07, 6.45) is 3.95. The van der Waals surface area contributed by atoms with Crippen molar-refractivity contribution in [2.75, 3.05) is 26.2 Å². The van der Waals surface area contributed by atoms with Crippen LogP contribution >= 0.6 is 0 Å². The van der Waals surface area contributed by atoms with Gasteiger partial charge in [0.05, 0.1) is 0 Å². The normalized spacial score (nSPS) is 18.8. The van der Waals surface area contributed by atoms with E-state index in [0.29, 0.717) is 13.2 Å². The minimum Gasteiger partial charge on any atom is -0.488 e. The number of rotatable bonds is 4. The van der Waals surface area contributed by atoms with Crippen LogP contribution in [0.3, 0.4) is 0 Å². The molecular weight excluding hydrogens is 312 g/mol. The number of hydrogen-bond donors (Lipinski definition) is 0. The zero-order chi connectivity index (χ0) is 16.9. The topological polar surface area (TPSA) is 34.1 Å². The van der Waals surface area contributed by atoms with Crippen molar-refractivity contribution in [1.82, 2.24) is 4.90 Å². The summed E-state index contributed by atoms with van der Waals surface area (Å²) in [6, 6.07) is 16.3. The molecule has 4 nitrogen and oxygen atoms in total. The van der Waals surface area contributed by atoms with Gasteiger partial charge in [0.25, 0.3) is 0 Å². The average molecular weight is 336 g/mol. The highest BCUT2D eigenvalue weighted by atomic mass is 16.6. The second kappa shape index (κ2) is 7.70. The Morgan fingerprint density at radius 3 is 2.56 bits per heavy atom. The zero-order valence-electron chi connectivity index (χ0n) is 14.5. The molecule has 2 aromatic carbocycles. The molecule has 2 aliphatic heterocycles. The van der Waals surface area contributed by atoms with E-state index in [1.807, 2.05) is 36.4 Å². The molecule has 0 bridgehead atoms. The first-order valence-corrected chi connectivity index (χ1v) is 9.14. The van der Waals surface area contributed by atoms with E-state index in [-0.39, 0.29) is 0 Å². The Kier molecular flexibility index (Phi) is 4.98. The summed E-state index contributed by atoms with van der Waals surface area (Å²) in [4.78, 5) is 8.20. The van der Waals surface area contributed by atoms with Gasteiger partial charge in [-0.15, -0.1) is 0 Å². The van der Waals surface area contributed by atoms with Crippen LogP contribution in [0.5, 0.6) is 5.75 Å². The zero-order valence-corrected chi connectivity index (χ0v) is 14.5. The van der Waals surface area contributed by atoms with Crippen LogP contribution in [0, 0.1) is 0 Å². The highest BCUT2D eigenvalue weighted by Crippen LogP contribution is 2.28. The van der Waals surface area contributed by atoms with Crippen molar-refractivity contribution in [3.05, 3.63) is 65.2 Å². The summed E-state index contributed by atoms with van der Waals surface area (Å²) in [6.45, 7) is 4.48. The summed E-state index contributed by atoms with van der Waals surface area (Å²) in [5, 5.41) is 4.52. The van der Waals surface area contributed by atoms with Gasteiger partial charge in [0.15, 0.2) is 0 Å². The maximum Gasteiger partial charge on any atom is 0.129 e. The first-order valence-electron chi connectivity index (χ1n) is 9.14. The van der Waals surface area contributed by atoms with Crippen LogP contribution in [-0.2, 0) is 11.4 Å². The Morgan fingerprint density at radius 2 is 1.68 bits per heavy atom. The van der Waals surface area contributed by atoms with E-state index in [9.17, 15) is 0 Å². The van der Waals surface area contributed by atoms with Crippen LogP contribution in [0.2, 0.25) is 0 Å². The molecule has 0 unspecified atom stereocenters. The number of oxime groups is 1. The van der Waals surface area contributed by atoms with Crippen LogP contribution in [-0.4, -0.2) is 36.9 Å². The minimum absolute atomic E-state index is 0.556. The lowest BCUT2D eigenvalue weighted by molar-refractivity contribution is 0.103. The van der Waals surface area contributed by atoms with Crippen LogP contribution < -0.4 is 4.74 Å². The third kappa shape index (κ3) is 3.69. The van der Waals surface area contributed by atoms with Crippen molar-refractivity contribution < 1.29 is 9.57 Å². The largest absolute Gasteiger partial charge is 0.488 e. The molecular formula is C21H24N2O2. The molecule has 0 aromatic heterocycles. The number of ether oxygens (including phenoxy) is 1. The predicted molar refractivity (Wildman–Crippen MR) is 99.1 cm³/mol. The molecule has 2 aromatic rings. The standard InChI is InChI=1S/C21H24N2O2/c1-6-12-23(13-7-1)14-15-25-22-21-18-9-3-2-8-17(18)16-24-20-11-5-4-10-19(20)21/h2-5,8-11H,1,6-7,12-16H2. The van der Waals surface area contributed by atoms with E-state index in [4.69, 9.17) is 9.57 Å². The van der Waals surface area contributed by atoms with Gasteiger partial charge in [-0.05, 0) is 43.6 Å². The summed E-state index contributed by atoms with van der Waals surface area (Å²) >= 11 is 0. The summed E-state index contributed by atoms with van der Waals surface area (Å²) < 4.78 is 5.96. The van der Waals surface area contributed by atoms with E-state index in [1.165, 1.54) is 32.4 Å². The number of nitrogens with zero attached hydrogens (tertiary/aromatic N) is 2. The Bertz CT molecular complexity index is 702. The monoisotopic (exact) mass is 336 g/mol. The molecule has 0 spiro atoms. The third-order valence-corrected chi connectivity index (χ3v) is 4.90. The van der Waals surface area contributed by atoms with Gasteiger partial charge in [0.2, 0.25) is 0 Å². The molecule has 25 heavy (non-hydrogen) atoms. The van der Waals surface area contributed by atoms with Gasteiger partial charge in [-0.3, -0.25) is 4.90 Å². The Balaban J connectivity index is 1.54. The maximum atomic E-state index is 5.96. The second-order valence-corrected chi connectivity index (χ2v) is 6.62. The Morgan fingerprint density at radius 1 is 0.920 bits per heavy atom. The lowest BCUT2D eigenvalue weighted by Gasteiger charge is -2.25. The molecule has 1 fully saturated rings. The van der Waals surface area contributed by atoms with E-state index >= 15 is 0 Å². The van der Waals surface area contributed by atoms with E-state index in [0.717, 1.165) is 34.7 Å². The number of benzene rings is 2. The second-order valence-electron chi connectivity index (χ2n) is 6.62. The fourth-order valence-corrected chi connectivity index (χ4v) is 3.53. The fourth-order valence-electron chi connectivity index (χ4n) is 3.53. The summed E-state index contributed by atoms with van der Waals surface area (Å²) in [7, 11) is 0. The van der Waals surface area contributed by atoms with E-state index in [1.54, 1.807) is 0 Å². The van der Waals surface area contributed by atoms with Crippen molar-refractivity contribution >= 4 is 5.71 Å². The molecule has 4 heteroatoms. The molecule has 0 saturated carbocycles. The van der Waals surface area contributed by atoms with Gasteiger partial charge < -0.3 is 9.57 Å². The lowest BCUT2D eigenvalue weighted by atomic mass is 9.98. The maximum absolute atomic E-state index is 5.96. The molecule has 0 N–H and O–H groups in total. The number of likely N-dealkylation sites (tertiary alicyclic amines) is 1. The van der Waals surface area contributed by atoms with Gasteiger partial charge in [0, 0.05) is 17.7 Å². The van der Waals surface area contributed by atoms with Crippen LogP contribution in [0.4, 0.5) is 0 Å². The molecule has 130 valence electrons. The van der Waals surface area contributed by atoms with Gasteiger partial charge in [0.1, 0.15) is 24.7 Å². The number of fused-ring (bicyclic) bond motifs is 2. The first kappa shape index (κ1) is 16.2. The Hall–Kier alpha value is -2.33. The molecule has 4 rings (SSSR count). The molecule has 2 heterocycles. The van der Waals surface area contributed by atoms with Gasteiger partial charge in [-0.25, -0.2) is 0 Å². The quantitative estimate of drug-likeness (QED) is 0.628.